The van der Waals surface area contributed by atoms with Crippen molar-refractivity contribution in [3.8, 4) is 0 Å². The second kappa shape index (κ2) is 7.77. The van der Waals surface area contributed by atoms with E-state index in [2.05, 4.69) is 11.8 Å². The van der Waals surface area contributed by atoms with Gasteiger partial charge in [0.1, 0.15) is 5.78 Å². The second-order valence-electron chi connectivity index (χ2n) is 6.28. The van der Waals surface area contributed by atoms with E-state index in [4.69, 9.17) is 0 Å². The van der Waals surface area contributed by atoms with E-state index in [0.717, 1.165) is 19.0 Å². The van der Waals surface area contributed by atoms with Gasteiger partial charge < -0.3 is 4.90 Å². The molecule has 4 nitrogen and oxygen atoms in total. The normalized spacial score (nSPS) is 25.6. The Morgan fingerprint density at radius 2 is 1.90 bits per heavy atom. The summed E-state index contributed by atoms with van der Waals surface area (Å²) in [6.07, 6.45) is 7.46. The van der Waals surface area contributed by atoms with Crippen LogP contribution in [-0.2, 0) is 9.59 Å². The molecule has 0 saturated carbocycles. The fourth-order valence-electron chi connectivity index (χ4n) is 3.38. The van der Waals surface area contributed by atoms with Crippen LogP contribution in [0.5, 0.6) is 0 Å². The lowest BCUT2D eigenvalue weighted by Crippen LogP contribution is -2.44. The molecule has 4 heteroatoms. The van der Waals surface area contributed by atoms with Crippen LogP contribution in [-0.4, -0.2) is 54.2 Å². The summed E-state index contributed by atoms with van der Waals surface area (Å²) in [6.45, 7) is 6.17. The molecule has 2 fully saturated rings. The zero-order valence-corrected chi connectivity index (χ0v) is 12.8. The van der Waals surface area contributed by atoms with Crippen LogP contribution in [0.25, 0.3) is 0 Å². The Morgan fingerprint density at radius 3 is 2.60 bits per heavy atom. The van der Waals surface area contributed by atoms with Gasteiger partial charge in [0.15, 0.2) is 0 Å². The minimum atomic E-state index is 0.214. The van der Waals surface area contributed by atoms with E-state index in [1.54, 1.807) is 0 Å². The summed E-state index contributed by atoms with van der Waals surface area (Å²) in [4.78, 5) is 27.7. The smallest absolute Gasteiger partial charge is 0.236 e. The third-order valence-corrected chi connectivity index (χ3v) is 4.67. The molecule has 1 unspecified atom stereocenters. The van der Waals surface area contributed by atoms with E-state index < -0.39 is 0 Å². The lowest BCUT2D eigenvalue weighted by molar-refractivity contribution is -0.135. The van der Waals surface area contributed by atoms with E-state index in [1.807, 2.05) is 4.90 Å². The highest BCUT2D eigenvalue weighted by atomic mass is 16.2. The molecule has 0 bridgehead atoms. The van der Waals surface area contributed by atoms with E-state index in [1.165, 1.54) is 32.1 Å². The van der Waals surface area contributed by atoms with Gasteiger partial charge in [-0.3, -0.25) is 14.5 Å². The summed E-state index contributed by atoms with van der Waals surface area (Å²) in [7, 11) is 0. The molecule has 0 aliphatic carbocycles. The fraction of sp³-hybridized carbons (Fsp3) is 0.875. The summed E-state index contributed by atoms with van der Waals surface area (Å²) in [5.74, 6) is 1.37. The highest BCUT2D eigenvalue weighted by molar-refractivity contribution is 5.84. The quantitative estimate of drug-likeness (QED) is 0.791. The molecule has 1 atom stereocenters. The molecular formula is C16H28N2O2. The van der Waals surface area contributed by atoms with E-state index in [0.29, 0.717) is 38.3 Å². The molecule has 114 valence electrons. The predicted octanol–water partition coefficient (Wildman–Crippen LogP) is 2.08. The molecule has 0 aromatic carbocycles. The SMILES string of the molecule is CCCC1CCCN(CC(=O)N2CCC(=O)CC2)CC1. The summed E-state index contributed by atoms with van der Waals surface area (Å²) < 4.78 is 0. The maximum atomic E-state index is 12.3. The highest BCUT2D eigenvalue weighted by Crippen LogP contribution is 2.22. The van der Waals surface area contributed by atoms with Crippen molar-refractivity contribution in [1.29, 1.82) is 0 Å². The number of hydrogen-bond acceptors (Lipinski definition) is 3. The number of likely N-dealkylation sites (tertiary alicyclic amines) is 2. The third-order valence-electron chi connectivity index (χ3n) is 4.67. The Balaban J connectivity index is 1.75. The molecule has 2 aliphatic rings. The van der Waals surface area contributed by atoms with Crippen LogP contribution in [0.4, 0.5) is 0 Å². The summed E-state index contributed by atoms with van der Waals surface area (Å²) in [5, 5.41) is 0. The lowest BCUT2D eigenvalue weighted by Gasteiger charge is -2.29. The summed E-state index contributed by atoms with van der Waals surface area (Å²) in [6, 6.07) is 0. The Bertz CT molecular complexity index is 333. The van der Waals surface area contributed by atoms with Gasteiger partial charge in [-0.15, -0.1) is 0 Å². The Morgan fingerprint density at radius 1 is 1.15 bits per heavy atom. The number of hydrogen-bond donors (Lipinski definition) is 0. The number of nitrogens with zero attached hydrogens (tertiary/aromatic N) is 2. The van der Waals surface area contributed by atoms with Crippen molar-refractivity contribution in [1.82, 2.24) is 9.80 Å². The van der Waals surface area contributed by atoms with Gasteiger partial charge in [0, 0.05) is 25.9 Å². The molecule has 0 aromatic rings. The maximum absolute atomic E-state index is 12.3. The average Bonchev–Trinajstić information content (AvgIpc) is 2.66. The zero-order chi connectivity index (χ0) is 14.4. The van der Waals surface area contributed by atoms with Gasteiger partial charge in [0.25, 0.3) is 0 Å². The monoisotopic (exact) mass is 280 g/mol. The van der Waals surface area contributed by atoms with Gasteiger partial charge in [-0.25, -0.2) is 0 Å². The molecule has 1 amide bonds. The van der Waals surface area contributed by atoms with Crippen molar-refractivity contribution < 1.29 is 9.59 Å². The minimum Gasteiger partial charge on any atom is -0.341 e. The lowest BCUT2D eigenvalue weighted by atomic mass is 9.96. The van der Waals surface area contributed by atoms with Crippen LogP contribution >= 0.6 is 0 Å². The molecule has 2 heterocycles. The van der Waals surface area contributed by atoms with Crippen LogP contribution in [0, 0.1) is 5.92 Å². The first-order valence-corrected chi connectivity index (χ1v) is 8.21. The van der Waals surface area contributed by atoms with Crippen molar-refractivity contribution in [3.63, 3.8) is 0 Å². The van der Waals surface area contributed by atoms with Gasteiger partial charge in [0.2, 0.25) is 5.91 Å². The fourth-order valence-corrected chi connectivity index (χ4v) is 3.38. The van der Waals surface area contributed by atoms with Crippen LogP contribution in [0.3, 0.4) is 0 Å². The third kappa shape index (κ3) is 4.58. The van der Waals surface area contributed by atoms with E-state index in [-0.39, 0.29) is 5.91 Å². The highest BCUT2D eigenvalue weighted by Gasteiger charge is 2.23. The van der Waals surface area contributed by atoms with Gasteiger partial charge in [-0.2, -0.15) is 0 Å². The predicted molar refractivity (Wildman–Crippen MR) is 79.5 cm³/mol. The van der Waals surface area contributed by atoms with Crippen molar-refractivity contribution in [2.45, 2.75) is 51.9 Å². The zero-order valence-electron chi connectivity index (χ0n) is 12.8. The van der Waals surface area contributed by atoms with Crippen molar-refractivity contribution in [2.75, 3.05) is 32.7 Å². The standard InChI is InChI=1S/C16H28N2O2/c1-2-4-14-5-3-9-17(10-6-14)13-16(20)18-11-7-15(19)8-12-18/h14H,2-13H2,1H3. The van der Waals surface area contributed by atoms with Gasteiger partial charge in [-0.05, 0) is 38.3 Å². The first kappa shape index (κ1) is 15.5. The number of carbonyl (C=O) groups excluding carboxylic acids is 2. The number of amides is 1. The number of rotatable bonds is 4. The van der Waals surface area contributed by atoms with Gasteiger partial charge in [0.05, 0.1) is 6.54 Å². The Hall–Kier alpha value is -0.900. The molecule has 0 radical (unpaired) electrons. The molecule has 2 aliphatic heterocycles. The molecule has 0 spiro atoms. The van der Waals surface area contributed by atoms with E-state index >= 15 is 0 Å². The first-order valence-electron chi connectivity index (χ1n) is 8.21. The van der Waals surface area contributed by atoms with Crippen molar-refractivity contribution in [3.05, 3.63) is 0 Å². The maximum Gasteiger partial charge on any atom is 0.236 e. The molecular weight excluding hydrogens is 252 g/mol. The van der Waals surface area contributed by atoms with Gasteiger partial charge >= 0.3 is 0 Å². The number of ketones is 1. The molecule has 0 aromatic heterocycles. The molecule has 0 N–H and O–H groups in total. The topological polar surface area (TPSA) is 40.6 Å². The molecule has 20 heavy (non-hydrogen) atoms. The molecule has 2 saturated heterocycles. The van der Waals surface area contributed by atoms with E-state index in [9.17, 15) is 9.59 Å². The number of carbonyl (C=O) groups is 2. The molecule has 2 rings (SSSR count). The largest absolute Gasteiger partial charge is 0.341 e. The minimum absolute atomic E-state index is 0.214. The first-order chi connectivity index (χ1) is 9.69. The Kier molecular flexibility index (Phi) is 6.02. The Labute approximate surface area is 122 Å². The number of Topliss-reactive ketones (excluding diaryl/α,β-unsaturated/α-hetero) is 1. The summed E-state index contributed by atoms with van der Waals surface area (Å²) in [5.41, 5.74) is 0. The summed E-state index contributed by atoms with van der Waals surface area (Å²) >= 11 is 0. The van der Waals surface area contributed by atoms with Crippen LogP contribution in [0.1, 0.15) is 51.9 Å². The number of piperidine rings is 1. The average molecular weight is 280 g/mol. The van der Waals surface area contributed by atoms with Crippen LogP contribution in [0.15, 0.2) is 0 Å². The van der Waals surface area contributed by atoms with Crippen molar-refractivity contribution in [2.24, 2.45) is 5.92 Å². The second-order valence-corrected chi connectivity index (χ2v) is 6.28. The van der Waals surface area contributed by atoms with Crippen LogP contribution < -0.4 is 0 Å². The van der Waals surface area contributed by atoms with Crippen LogP contribution in [0.2, 0.25) is 0 Å². The van der Waals surface area contributed by atoms with Gasteiger partial charge in [-0.1, -0.05) is 19.8 Å². The van der Waals surface area contributed by atoms with Crippen molar-refractivity contribution >= 4 is 11.7 Å².